The van der Waals surface area contributed by atoms with Gasteiger partial charge in [0.1, 0.15) is 5.75 Å². The monoisotopic (exact) mass is 455 g/mol. The van der Waals surface area contributed by atoms with E-state index in [1.807, 2.05) is 0 Å². The molecule has 2 aromatic rings. The Bertz CT molecular complexity index is 860. The highest BCUT2D eigenvalue weighted by Crippen LogP contribution is 2.36. The van der Waals surface area contributed by atoms with Crippen LogP contribution in [0.15, 0.2) is 53.0 Å². The molecule has 4 nitrogen and oxygen atoms in total. The van der Waals surface area contributed by atoms with Gasteiger partial charge in [0.2, 0.25) is 0 Å². The van der Waals surface area contributed by atoms with E-state index in [2.05, 4.69) is 15.9 Å². The van der Waals surface area contributed by atoms with Gasteiger partial charge in [0, 0.05) is 23.1 Å². The third-order valence-electron chi connectivity index (χ3n) is 4.61. The van der Waals surface area contributed by atoms with E-state index in [1.165, 1.54) is 12.1 Å². The predicted octanol–water partition coefficient (Wildman–Crippen LogP) is 4.93. The van der Waals surface area contributed by atoms with Crippen molar-refractivity contribution in [1.29, 1.82) is 0 Å². The molecule has 0 saturated carbocycles. The van der Waals surface area contributed by atoms with Crippen molar-refractivity contribution in [1.82, 2.24) is 4.90 Å². The van der Waals surface area contributed by atoms with Crippen molar-refractivity contribution in [3.05, 3.63) is 64.1 Å². The molecule has 1 fully saturated rings. The Morgan fingerprint density at radius 2 is 1.61 bits per heavy atom. The van der Waals surface area contributed by atoms with Gasteiger partial charge in [-0.05, 0) is 49.2 Å². The quantitative estimate of drug-likeness (QED) is 0.487. The summed E-state index contributed by atoms with van der Waals surface area (Å²) >= 11 is 3.31. The average Bonchev–Trinajstić information content (AvgIpc) is 2.68. The molecule has 0 aliphatic carbocycles. The van der Waals surface area contributed by atoms with Gasteiger partial charge in [-0.1, -0.05) is 28.1 Å². The molecular weight excluding hydrogens is 439 g/mol. The first kappa shape index (κ1) is 20.4. The minimum Gasteiger partial charge on any atom is -0.426 e. The molecular formula is C20H17BrF3NO3. The summed E-state index contributed by atoms with van der Waals surface area (Å²) in [6.07, 6.45) is -3.91. The zero-order chi connectivity index (χ0) is 20.3. The van der Waals surface area contributed by atoms with E-state index in [4.69, 9.17) is 4.74 Å². The number of hydrogen-bond acceptors (Lipinski definition) is 3. The van der Waals surface area contributed by atoms with Gasteiger partial charge in [-0.15, -0.1) is 0 Å². The number of rotatable bonds is 3. The van der Waals surface area contributed by atoms with E-state index < -0.39 is 29.4 Å². The van der Waals surface area contributed by atoms with E-state index in [0.29, 0.717) is 31.5 Å². The van der Waals surface area contributed by atoms with Crippen molar-refractivity contribution in [2.45, 2.75) is 19.0 Å². The Morgan fingerprint density at radius 3 is 2.21 bits per heavy atom. The van der Waals surface area contributed by atoms with Crippen LogP contribution in [0.1, 0.15) is 28.8 Å². The number of carbonyl (C=O) groups excluding carboxylic acids is 2. The molecule has 28 heavy (non-hydrogen) atoms. The molecule has 2 aromatic carbocycles. The molecule has 1 aliphatic rings. The second-order valence-corrected chi connectivity index (χ2v) is 7.40. The van der Waals surface area contributed by atoms with Crippen molar-refractivity contribution >= 4 is 27.8 Å². The van der Waals surface area contributed by atoms with Crippen LogP contribution in [0.5, 0.6) is 5.75 Å². The zero-order valence-corrected chi connectivity index (χ0v) is 16.3. The minimum absolute atomic E-state index is 0.137. The minimum atomic E-state index is -4.60. The number of carbonyl (C=O) groups is 2. The summed E-state index contributed by atoms with van der Waals surface area (Å²) < 4.78 is 45.0. The number of benzene rings is 2. The Balaban J connectivity index is 1.60. The largest absolute Gasteiger partial charge is 0.426 e. The van der Waals surface area contributed by atoms with Crippen LogP contribution in [0.3, 0.4) is 0 Å². The Hall–Kier alpha value is -2.35. The summed E-state index contributed by atoms with van der Waals surface area (Å²) in [7, 11) is 0. The second kappa shape index (κ2) is 8.34. The molecule has 0 radical (unpaired) electrons. The van der Waals surface area contributed by atoms with Gasteiger partial charge in [-0.3, -0.25) is 9.59 Å². The number of alkyl halides is 3. The number of halogens is 4. The van der Waals surface area contributed by atoms with Crippen LogP contribution in [0.25, 0.3) is 0 Å². The zero-order valence-electron chi connectivity index (χ0n) is 14.7. The summed E-state index contributed by atoms with van der Waals surface area (Å²) in [5.74, 6) is -1.88. The Morgan fingerprint density at radius 1 is 1.00 bits per heavy atom. The topological polar surface area (TPSA) is 46.6 Å². The Kier molecular flexibility index (Phi) is 6.07. The summed E-state index contributed by atoms with van der Waals surface area (Å²) in [6.45, 7) is 0.686. The van der Waals surface area contributed by atoms with Crippen molar-refractivity contribution in [2.24, 2.45) is 5.92 Å². The maximum absolute atomic E-state index is 13.0. The number of para-hydroxylation sites is 1. The molecule has 1 saturated heterocycles. The highest BCUT2D eigenvalue weighted by atomic mass is 79.9. The molecule has 0 spiro atoms. The smallest absolute Gasteiger partial charge is 0.419 e. The lowest BCUT2D eigenvalue weighted by Crippen LogP contribution is -2.41. The predicted molar refractivity (Wildman–Crippen MR) is 99.8 cm³/mol. The van der Waals surface area contributed by atoms with Gasteiger partial charge in [0.25, 0.3) is 5.91 Å². The fourth-order valence-corrected chi connectivity index (χ4v) is 3.34. The third kappa shape index (κ3) is 4.73. The lowest BCUT2D eigenvalue weighted by atomic mass is 9.96. The van der Waals surface area contributed by atoms with Crippen LogP contribution >= 0.6 is 15.9 Å². The van der Waals surface area contributed by atoms with Crippen LogP contribution in [-0.4, -0.2) is 29.9 Å². The highest BCUT2D eigenvalue weighted by Gasteiger charge is 2.36. The SMILES string of the molecule is O=C(Oc1ccccc1C(F)(F)F)C1CCN(C(=O)c2ccc(Br)cc2)CC1. The van der Waals surface area contributed by atoms with Crippen LogP contribution in [0, 0.1) is 5.92 Å². The van der Waals surface area contributed by atoms with E-state index in [9.17, 15) is 22.8 Å². The van der Waals surface area contributed by atoms with Gasteiger partial charge < -0.3 is 9.64 Å². The summed E-state index contributed by atoms with van der Waals surface area (Å²) in [5.41, 5.74) is -0.436. The van der Waals surface area contributed by atoms with E-state index in [0.717, 1.165) is 16.6 Å². The molecule has 0 unspecified atom stereocenters. The molecule has 3 rings (SSSR count). The molecule has 0 N–H and O–H groups in total. The molecule has 1 aliphatic heterocycles. The van der Waals surface area contributed by atoms with Crippen LogP contribution in [0.2, 0.25) is 0 Å². The molecule has 0 bridgehead atoms. The van der Waals surface area contributed by atoms with Crippen molar-refractivity contribution in [3.63, 3.8) is 0 Å². The lowest BCUT2D eigenvalue weighted by molar-refractivity contribution is -0.145. The van der Waals surface area contributed by atoms with Crippen LogP contribution < -0.4 is 4.74 Å². The molecule has 1 amide bonds. The fourth-order valence-electron chi connectivity index (χ4n) is 3.07. The number of amides is 1. The van der Waals surface area contributed by atoms with Gasteiger partial charge in [0.05, 0.1) is 11.5 Å². The Labute approximate surface area is 168 Å². The van der Waals surface area contributed by atoms with Gasteiger partial charge in [-0.25, -0.2) is 0 Å². The first-order valence-corrected chi connectivity index (χ1v) is 9.48. The number of hydrogen-bond donors (Lipinski definition) is 0. The number of nitrogens with zero attached hydrogens (tertiary/aromatic N) is 1. The lowest BCUT2D eigenvalue weighted by Gasteiger charge is -2.31. The van der Waals surface area contributed by atoms with Crippen LogP contribution in [0.4, 0.5) is 13.2 Å². The third-order valence-corrected chi connectivity index (χ3v) is 5.14. The maximum Gasteiger partial charge on any atom is 0.419 e. The number of ether oxygens (including phenoxy) is 1. The van der Waals surface area contributed by atoms with Crippen molar-refractivity contribution in [3.8, 4) is 5.75 Å². The van der Waals surface area contributed by atoms with E-state index in [-0.39, 0.29) is 5.91 Å². The average molecular weight is 456 g/mol. The second-order valence-electron chi connectivity index (χ2n) is 6.49. The van der Waals surface area contributed by atoms with E-state index >= 15 is 0 Å². The standard InChI is InChI=1S/C20H17BrF3NO3/c21-15-7-5-13(6-8-15)18(26)25-11-9-14(10-12-25)19(27)28-17-4-2-1-3-16(17)20(22,23)24/h1-8,14H,9-12H2. The molecule has 0 aromatic heterocycles. The van der Waals surface area contributed by atoms with Crippen LogP contribution in [-0.2, 0) is 11.0 Å². The van der Waals surface area contributed by atoms with E-state index in [1.54, 1.807) is 29.2 Å². The number of piperidine rings is 1. The first-order chi connectivity index (χ1) is 13.3. The highest BCUT2D eigenvalue weighted by molar-refractivity contribution is 9.10. The van der Waals surface area contributed by atoms with Crippen molar-refractivity contribution in [2.75, 3.05) is 13.1 Å². The molecule has 1 heterocycles. The normalized spacial score (nSPS) is 15.4. The summed E-state index contributed by atoms with van der Waals surface area (Å²) in [4.78, 5) is 26.5. The molecule has 0 atom stereocenters. The van der Waals surface area contributed by atoms with Gasteiger partial charge in [0.15, 0.2) is 0 Å². The number of likely N-dealkylation sites (tertiary alicyclic amines) is 1. The fraction of sp³-hybridized carbons (Fsp3) is 0.300. The molecule has 148 valence electrons. The summed E-state index contributed by atoms with van der Waals surface area (Å²) in [6, 6.07) is 11.6. The first-order valence-electron chi connectivity index (χ1n) is 8.68. The molecule has 8 heteroatoms. The summed E-state index contributed by atoms with van der Waals surface area (Å²) in [5, 5.41) is 0. The van der Waals surface area contributed by atoms with Gasteiger partial charge >= 0.3 is 12.1 Å². The van der Waals surface area contributed by atoms with Crippen molar-refractivity contribution < 1.29 is 27.5 Å². The maximum atomic E-state index is 13.0. The van der Waals surface area contributed by atoms with Gasteiger partial charge in [-0.2, -0.15) is 13.2 Å². The number of esters is 1.